The summed E-state index contributed by atoms with van der Waals surface area (Å²) in [6.45, 7) is 9.44. The lowest BCUT2D eigenvalue weighted by Crippen LogP contribution is -2.50. The summed E-state index contributed by atoms with van der Waals surface area (Å²) < 4.78 is 11.4. The molecule has 1 aliphatic heterocycles. The van der Waals surface area contributed by atoms with Crippen LogP contribution in [0.3, 0.4) is 0 Å². The van der Waals surface area contributed by atoms with Crippen LogP contribution in [0.1, 0.15) is 27.2 Å². The molecule has 10 heteroatoms. The molecule has 0 atom stereocenters. The van der Waals surface area contributed by atoms with Gasteiger partial charge in [-0.2, -0.15) is 0 Å². The van der Waals surface area contributed by atoms with Crippen LogP contribution in [0.15, 0.2) is 16.7 Å². The molecule has 0 N–H and O–H groups in total. The summed E-state index contributed by atoms with van der Waals surface area (Å²) in [6, 6.07) is 1.37. The number of hydrogen-bond acceptors (Lipinski definition) is 7. The number of nitrogens with zero attached hydrogens (tertiary/aromatic N) is 4. The fourth-order valence-electron chi connectivity index (χ4n) is 2.60. The van der Waals surface area contributed by atoms with Crippen molar-refractivity contribution in [1.82, 2.24) is 14.8 Å². The minimum absolute atomic E-state index is 0.0259. The number of rotatable bonds is 6. The maximum absolute atomic E-state index is 12.0. The van der Waals surface area contributed by atoms with Crippen LogP contribution in [0.4, 0.5) is 10.5 Å². The SMILES string of the molecule is CC(C)(C)OC(=O)N1CCN(CCCOc2ncc(Br)cc2[N+](=O)[O-])CC1. The molecule has 0 aromatic carbocycles. The van der Waals surface area contributed by atoms with Gasteiger partial charge in [-0.3, -0.25) is 15.0 Å². The number of amides is 1. The van der Waals surface area contributed by atoms with E-state index >= 15 is 0 Å². The van der Waals surface area contributed by atoms with Gasteiger partial charge in [-0.1, -0.05) is 0 Å². The van der Waals surface area contributed by atoms with E-state index in [0.29, 0.717) is 30.6 Å². The summed E-state index contributed by atoms with van der Waals surface area (Å²) in [4.78, 5) is 30.5. The van der Waals surface area contributed by atoms with Crippen molar-refractivity contribution >= 4 is 27.7 Å². The molecule has 1 saturated heterocycles. The van der Waals surface area contributed by atoms with E-state index in [-0.39, 0.29) is 17.7 Å². The monoisotopic (exact) mass is 444 g/mol. The van der Waals surface area contributed by atoms with Crippen molar-refractivity contribution < 1.29 is 19.2 Å². The highest BCUT2D eigenvalue weighted by molar-refractivity contribution is 9.10. The quantitative estimate of drug-likeness (QED) is 0.377. The van der Waals surface area contributed by atoms with E-state index in [0.717, 1.165) is 19.6 Å². The Bertz CT molecular complexity index is 672. The number of halogens is 1. The fraction of sp³-hybridized carbons (Fsp3) is 0.647. The zero-order valence-corrected chi connectivity index (χ0v) is 17.4. The van der Waals surface area contributed by atoms with Crippen LogP contribution in [0.2, 0.25) is 0 Å². The minimum Gasteiger partial charge on any atom is -0.473 e. The third-order valence-corrected chi connectivity index (χ3v) is 4.31. The molecule has 0 bridgehead atoms. The van der Waals surface area contributed by atoms with Crippen molar-refractivity contribution in [3.63, 3.8) is 0 Å². The molecule has 0 radical (unpaired) electrons. The summed E-state index contributed by atoms with van der Waals surface area (Å²) in [7, 11) is 0. The average Bonchev–Trinajstić information content (AvgIpc) is 2.58. The van der Waals surface area contributed by atoms with Crippen LogP contribution in [0.25, 0.3) is 0 Å². The van der Waals surface area contributed by atoms with Crippen LogP contribution in [0, 0.1) is 10.1 Å². The van der Waals surface area contributed by atoms with Crippen molar-refractivity contribution in [1.29, 1.82) is 0 Å². The third kappa shape index (κ3) is 6.94. The lowest BCUT2D eigenvalue weighted by molar-refractivity contribution is -0.386. The number of hydrogen-bond donors (Lipinski definition) is 0. The van der Waals surface area contributed by atoms with Crippen molar-refractivity contribution in [2.45, 2.75) is 32.8 Å². The van der Waals surface area contributed by atoms with E-state index in [4.69, 9.17) is 9.47 Å². The van der Waals surface area contributed by atoms with Gasteiger partial charge in [0.1, 0.15) is 5.60 Å². The van der Waals surface area contributed by atoms with Gasteiger partial charge in [-0.25, -0.2) is 9.78 Å². The maximum atomic E-state index is 12.0. The lowest BCUT2D eigenvalue weighted by Gasteiger charge is -2.35. The fourth-order valence-corrected chi connectivity index (χ4v) is 2.91. The van der Waals surface area contributed by atoms with Gasteiger partial charge in [0.25, 0.3) is 5.88 Å². The van der Waals surface area contributed by atoms with E-state index in [9.17, 15) is 14.9 Å². The Labute approximate surface area is 166 Å². The van der Waals surface area contributed by atoms with Gasteiger partial charge >= 0.3 is 11.8 Å². The zero-order chi connectivity index (χ0) is 20.0. The molecule has 0 unspecified atom stereocenters. The summed E-state index contributed by atoms with van der Waals surface area (Å²) in [6.07, 6.45) is 1.90. The van der Waals surface area contributed by atoms with Gasteiger partial charge in [0, 0.05) is 49.5 Å². The molecule has 27 heavy (non-hydrogen) atoms. The number of piperazine rings is 1. The summed E-state index contributed by atoms with van der Waals surface area (Å²) in [5.74, 6) is 0.0259. The molecule has 0 aliphatic carbocycles. The van der Waals surface area contributed by atoms with Crippen LogP contribution in [-0.2, 0) is 4.74 Å². The summed E-state index contributed by atoms with van der Waals surface area (Å²) in [5.41, 5.74) is -0.648. The largest absolute Gasteiger partial charge is 0.473 e. The van der Waals surface area contributed by atoms with Gasteiger partial charge in [0.15, 0.2) is 0 Å². The molecule has 150 valence electrons. The van der Waals surface area contributed by atoms with Gasteiger partial charge < -0.3 is 14.4 Å². The number of carbonyl (C=O) groups is 1. The van der Waals surface area contributed by atoms with Crippen LogP contribution >= 0.6 is 15.9 Å². The number of nitro groups is 1. The molecule has 1 aromatic rings. The standard InChI is InChI=1S/C17H25BrN4O5/c1-17(2,3)27-16(23)21-8-6-20(7-9-21)5-4-10-26-15-14(22(24)25)11-13(18)12-19-15/h11-12H,4-10H2,1-3H3. The molecule has 0 saturated carbocycles. The normalized spacial score (nSPS) is 15.5. The maximum Gasteiger partial charge on any atom is 0.410 e. The van der Waals surface area contributed by atoms with Crippen LogP contribution in [0.5, 0.6) is 5.88 Å². The lowest BCUT2D eigenvalue weighted by atomic mass is 10.2. The first-order valence-electron chi connectivity index (χ1n) is 8.79. The molecule has 0 spiro atoms. The Hall–Kier alpha value is -1.94. The minimum atomic E-state index is -0.511. The van der Waals surface area contributed by atoms with E-state index in [1.165, 1.54) is 12.3 Å². The predicted molar refractivity (Wildman–Crippen MR) is 103 cm³/mol. The molecule has 1 fully saturated rings. The van der Waals surface area contributed by atoms with Gasteiger partial charge in [-0.15, -0.1) is 0 Å². The molecule has 9 nitrogen and oxygen atoms in total. The average molecular weight is 445 g/mol. The van der Waals surface area contributed by atoms with E-state index < -0.39 is 10.5 Å². The van der Waals surface area contributed by atoms with Crippen molar-refractivity contribution in [2.75, 3.05) is 39.3 Å². The molecule has 1 amide bonds. The Kier molecular flexibility index (Phi) is 7.37. The second-order valence-corrected chi connectivity index (χ2v) is 8.16. The number of aromatic nitrogens is 1. The molecular formula is C17H25BrN4O5. The second-order valence-electron chi connectivity index (χ2n) is 7.25. The van der Waals surface area contributed by atoms with E-state index in [1.54, 1.807) is 4.90 Å². The van der Waals surface area contributed by atoms with Crippen molar-refractivity contribution in [3.05, 3.63) is 26.9 Å². The molecule has 1 aromatic heterocycles. The van der Waals surface area contributed by atoms with E-state index in [2.05, 4.69) is 25.8 Å². The van der Waals surface area contributed by atoms with Crippen LogP contribution < -0.4 is 4.74 Å². The highest BCUT2D eigenvalue weighted by Gasteiger charge is 2.25. The van der Waals surface area contributed by atoms with Gasteiger partial charge in [0.05, 0.1) is 11.5 Å². The smallest absolute Gasteiger partial charge is 0.410 e. The van der Waals surface area contributed by atoms with Gasteiger partial charge in [-0.05, 0) is 43.1 Å². The van der Waals surface area contributed by atoms with Crippen molar-refractivity contribution in [3.8, 4) is 5.88 Å². The van der Waals surface area contributed by atoms with E-state index in [1.807, 2.05) is 20.8 Å². The molecule has 2 rings (SSSR count). The molecule has 1 aliphatic rings. The summed E-state index contributed by atoms with van der Waals surface area (Å²) >= 11 is 3.16. The predicted octanol–water partition coefficient (Wildman–Crippen LogP) is 3.07. The highest BCUT2D eigenvalue weighted by Crippen LogP contribution is 2.27. The molecule has 2 heterocycles. The van der Waals surface area contributed by atoms with Crippen LogP contribution in [-0.4, -0.2) is 70.7 Å². The van der Waals surface area contributed by atoms with Gasteiger partial charge in [0.2, 0.25) is 0 Å². The topological polar surface area (TPSA) is 98.0 Å². The molecular weight excluding hydrogens is 420 g/mol. The Morgan fingerprint density at radius 1 is 1.33 bits per heavy atom. The Morgan fingerprint density at radius 3 is 2.59 bits per heavy atom. The number of ether oxygens (including phenoxy) is 2. The number of carbonyl (C=O) groups excluding carboxylic acids is 1. The third-order valence-electron chi connectivity index (χ3n) is 3.88. The zero-order valence-electron chi connectivity index (χ0n) is 15.8. The summed E-state index contributed by atoms with van der Waals surface area (Å²) in [5, 5.41) is 11.0. The Morgan fingerprint density at radius 2 is 2.00 bits per heavy atom. The highest BCUT2D eigenvalue weighted by atomic mass is 79.9. The Balaban J connectivity index is 1.71. The first-order chi connectivity index (χ1) is 12.7. The second kappa shape index (κ2) is 9.32. The van der Waals surface area contributed by atoms with Crippen molar-refractivity contribution in [2.24, 2.45) is 0 Å². The first kappa shape index (κ1) is 21.4. The number of pyridine rings is 1. The first-order valence-corrected chi connectivity index (χ1v) is 9.58.